The Morgan fingerprint density at radius 3 is 2.57 bits per heavy atom. The minimum atomic E-state index is -0.908. The minimum Gasteiger partial charge on any atom is -0.0622 e. The van der Waals surface area contributed by atoms with E-state index in [-0.39, 0.29) is 18.8 Å². The zero-order chi connectivity index (χ0) is 20.4. The normalized spacial score (nSPS) is 11.5. The molecule has 9 heteroatoms. The van der Waals surface area contributed by atoms with Crippen molar-refractivity contribution in [2.75, 3.05) is 7.05 Å². The van der Waals surface area contributed by atoms with Crippen molar-refractivity contribution in [1.82, 2.24) is 5.32 Å². The molecule has 0 heterocycles. The molecule has 144 valence electrons. The third kappa shape index (κ3) is 6.35. The number of hydrogen-bond acceptors (Lipinski definition) is 6. The predicted octanol–water partition coefficient (Wildman–Crippen LogP) is 1.46. The summed E-state index contributed by atoms with van der Waals surface area (Å²) in [5, 5.41) is 2.37. The molecule has 0 radical (unpaired) electrons. The van der Waals surface area contributed by atoms with Gasteiger partial charge in [0.25, 0.3) is 0 Å². The fourth-order valence-corrected chi connectivity index (χ4v) is 2.35. The first-order valence-electron chi connectivity index (χ1n) is 8.49. The second-order valence-electron chi connectivity index (χ2n) is 5.75. The van der Waals surface area contributed by atoms with Crippen LogP contribution in [0, 0.1) is 0 Å². The Kier molecular flexibility index (Phi) is 7.89. The average molecular weight is 381 g/mol. The van der Waals surface area contributed by atoms with Gasteiger partial charge in [-0.2, -0.15) is 0 Å². The van der Waals surface area contributed by atoms with Crippen molar-refractivity contribution in [1.29, 1.82) is 0 Å². The predicted molar refractivity (Wildman–Crippen MR) is 104 cm³/mol. The molecule has 0 saturated heterocycles. The van der Waals surface area contributed by atoms with Crippen LogP contribution in [-0.2, 0) is 22.5 Å². The molecular weight excluding hydrogens is 361 g/mol. The number of nitrogens with two attached hydrogens (primary N) is 1. The van der Waals surface area contributed by atoms with Crippen LogP contribution in [0.4, 0.5) is 4.79 Å². The molecule has 0 unspecified atom stereocenters. The van der Waals surface area contributed by atoms with Crippen LogP contribution in [0.1, 0.15) is 11.1 Å². The third-order valence-corrected chi connectivity index (χ3v) is 3.74. The molecular formula is C19H20BN3O5. The summed E-state index contributed by atoms with van der Waals surface area (Å²) in [6.07, 6.45) is 0.462. The smallest absolute Gasteiger partial charge is 0.0622 e. The molecule has 0 saturated carbocycles. The van der Waals surface area contributed by atoms with E-state index < -0.39 is 18.0 Å². The minimum absolute atomic E-state index is 0.142. The van der Waals surface area contributed by atoms with Gasteiger partial charge in [-0.3, -0.25) is 0 Å². The quantitative estimate of drug-likeness (QED) is 0.503. The number of benzene rings is 2. The van der Waals surface area contributed by atoms with Gasteiger partial charge in [-0.1, -0.05) is 18.2 Å². The van der Waals surface area contributed by atoms with Crippen molar-refractivity contribution in [3.05, 3.63) is 59.7 Å². The molecule has 8 nitrogen and oxygen atoms in total. The SMILES string of the molecule is CNC(=O)Oc1cc(C[C@H](N=CB=O)C(N)=O)ccc1OCc1ccccc1. The zero-order valence-electron chi connectivity index (χ0n) is 15.3. The van der Waals surface area contributed by atoms with E-state index in [0.717, 1.165) is 11.7 Å². The maximum absolute atomic E-state index is 11.7. The van der Waals surface area contributed by atoms with Gasteiger partial charge in [0.1, 0.15) is 0 Å². The summed E-state index contributed by atoms with van der Waals surface area (Å²) >= 11 is 0. The first-order valence-corrected chi connectivity index (χ1v) is 8.49. The number of primary amides is 1. The Morgan fingerprint density at radius 1 is 1.18 bits per heavy atom. The molecule has 0 fully saturated rings. The molecule has 0 aliphatic rings. The van der Waals surface area contributed by atoms with Gasteiger partial charge in [0.15, 0.2) is 0 Å². The van der Waals surface area contributed by atoms with E-state index in [1.807, 2.05) is 30.3 Å². The van der Waals surface area contributed by atoms with E-state index in [1.165, 1.54) is 7.05 Å². The molecule has 0 aromatic heterocycles. The molecule has 3 N–H and O–H groups in total. The van der Waals surface area contributed by atoms with Crippen LogP contribution in [0.5, 0.6) is 11.5 Å². The molecule has 2 rings (SSSR count). The molecule has 2 aromatic rings. The summed E-state index contributed by atoms with van der Waals surface area (Å²) < 4.78 is 21.5. The van der Waals surface area contributed by atoms with Crippen molar-refractivity contribution < 1.29 is 23.8 Å². The van der Waals surface area contributed by atoms with Crippen LogP contribution in [-0.4, -0.2) is 38.4 Å². The van der Waals surface area contributed by atoms with Gasteiger partial charge in [-0.15, -0.1) is 0 Å². The van der Waals surface area contributed by atoms with E-state index >= 15 is 0 Å². The Balaban J connectivity index is 2.22. The van der Waals surface area contributed by atoms with Gasteiger partial charge in [0.2, 0.25) is 0 Å². The van der Waals surface area contributed by atoms with Gasteiger partial charge < -0.3 is 0 Å². The van der Waals surface area contributed by atoms with Crippen molar-refractivity contribution in [3.8, 4) is 11.5 Å². The maximum atomic E-state index is 11.7. The van der Waals surface area contributed by atoms with Crippen LogP contribution >= 0.6 is 0 Å². The number of ether oxygens (including phenoxy) is 2. The van der Waals surface area contributed by atoms with Crippen LogP contribution in [0.3, 0.4) is 0 Å². The number of hydrogen-bond donors (Lipinski definition) is 2. The van der Waals surface area contributed by atoms with Crippen molar-refractivity contribution in [3.63, 3.8) is 0 Å². The number of aliphatic imine (C=N–C) groups is 1. The fourth-order valence-electron chi connectivity index (χ4n) is 2.35. The molecule has 28 heavy (non-hydrogen) atoms. The number of carbonyl (C=O) groups is 2. The van der Waals surface area contributed by atoms with Gasteiger partial charge in [-0.25, -0.2) is 0 Å². The van der Waals surface area contributed by atoms with Gasteiger partial charge >= 0.3 is 144 Å². The molecule has 0 aliphatic carbocycles. The Hall–Kier alpha value is -3.49. The Bertz CT molecular complexity index is 858. The summed E-state index contributed by atoms with van der Waals surface area (Å²) in [6.45, 7) is 0.290. The van der Waals surface area contributed by atoms with Gasteiger partial charge in [-0.05, 0) is 0 Å². The van der Waals surface area contributed by atoms with Crippen LogP contribution in [0.25, 0.3) is 0 Å². The number of nitrogens with one attached hydrogen (secondary N) is 1. The van der Waals surface area contributed by atoms with Crippen LogP contribution in [0.15, 0.2) is 53.5 Å². The topological polar surface area (TPSA) is 120 Å². The molecule has 2 amide bonds. The van der Waals surface area contributed by atoms with Gasteiger partial charge in [0, 0.05) is 0 Å². The first kappa shape index (κ1) is 20.8. The summed E-state index contributed by atoms with van der Waals surface area (Å²) in [7, 11) is 1.91. The van der Waals surface area contributed by atoms with Crippen molar-refractivity contribution in [2.45, 2.75) is 19.1 Å². The van der Waals surface area contributed by atoms with E-state index in [1.54, 1.807) is 18.2 Å². The van der Waals surface area contributed by atoms with Crippen molar-refractivity contribution in [2.24, 2.45) is 10.7 Å². The monoisotopic (exact) mass is 381 g/mol. The molecule has 0 aliphatic heterocycles. The zero-order valence-corrected chi connectivity index (χ0v) is 15.3. The second kappa shape index (κ2) is 10.6. The number of rotatable bonds is 9. The summed E-state index contributed by atoms with van der Waals surface area (Å²) in [5.74, 6) is -0.116. The van der Waals surface area contributed by atoms with E-state index in [2.05, 4.69) is 10.3 Å². The fraction of sp³-hybridized carbons (Fsp3) is 0.211. The summed E-state index contributed by atoms with van der Waals surface area (Å²) in [4.78, 5) is 27.0. The Morgan fingerprint density at radius 2 is 1.93 bits per heavy atom. The van der Waals surface area contributed by atoms with E-state index in [0.29, 0.717) is 18.5 Å². The van der Waals surface area contributed by atoms with E-state index in [9.17, 15) is 14.3 Å². The average Bonchev–Trinajstić information content (AvgIpc) is 2.70. The van der Waals surface area contributed by atoms with Crippen LogP contribution < -0.4 is 20.5 Å². The van der Waals surface area contributed by atoms with Crippen molar-refractivity contribution >= 4 is 25.3 Å². The number of nitrogens with zero attached hydrogens (tertiary/aromatic N) is 1. The van der Waals surface area contributed by atoms with Crippen LogP contribution in [0.2, 0.25) is 0 Å². The standard InChI is InChI=1S/C19H20BN3O5/c1-22-19(25)28-17-10-14(9-15(18(21)24)23-12-20-26)7-8-16(17)27-11-13-5-3-2-4-6-13/h2-8,10,12,15H,9,11H2,1H3,(H2,21,24)(H,22,25)/t15-/m0/s1. The Labute approximate surface area is 163 Å². The number of carbonyl (C=O) groups excluding carboxylic acids is 2. The van der Waals surface area contributed by atoms with Gasteiger partial charge in [0.05, 0.1) is 0 Å². The van der Waals surface area contributed by atoms with E-state index in [4.69, 9.17) is 15.2 Å². The first-order chi connectivity index (χ1) is 13.5. The third-order valence-electron chi connectivity index (χ3n) is 3.74. The summed E-state index contributed by atoms with van der Waals surface area (Å²) in [6, 6.07) is 13.5. The molecule has 1 atom stereocenters. The number of amides is 2. The summed E-state index contributed by atoms with van der Waals surface area (Å²) in [5.41, 5.74) is 6.91. The molecule has 2 aromatic carbocycles. The molecule has 0 bridgehead atoms. The molecule has 0 spiro atoms. The second-order valence-corrected chi connectivity index (χ2v) is 5.75.